The van der Waals surface area contributed by atoms with Gasteiger partial charge in [0.05, 0.1) is 11.2 Å². The van der Waals surface area contributed by atoms with E-state index in [0.29, 0.717) is 5.65 Å². The molecule has 0 fully saturated rings. The zero-order chi connectivity index (χ0) is 14.2. The van der Waals surface area contributed by atoms with Crippen molar-refractivity contribution in [2.45, 2.75) is 12.5 Å². The van der Waals surface area contributed by atoms with Crippen LogP contribution in [0.4, 0.5) is 0 Å². The van der Waals surface area contributed by atoms with Crippen molar-refractivity contribution < 1.29 is 24.9 Å². The van der Waals surface area contributed by atoms with Crippen LogP contribution in [0.2, 0.25) is 5.02 Å². The molecule has 2 rings (SSSR count). The van der Waals surface area contributed by atoms with Gasteiger partial charge in [-0.15, -0.1) is 0 Å². The van der Waals surface area contributed by atoms with Crippen molar-refractivity contribution >= 4 is 29.2 Å². The topological polar surface area (TPSA) is 112 Å². The zero-order valence-corrected chi connectivity index (χ0v) is 10.2. The number of carbonyl (C=O) groups is 2. The van der Waals surface area contributed by atoms with Crippen molar-refractivity contribution in [3.63, 3.8) is 0 Å². The van der Waals surface area contributed by atoms with Crippen molar-refractivity contribution in [3.05, 3.63) is 34.7 Å². The summed E-state index contributed by atoms with van der Waals surface area (Å²) in [6.07, 6.45) is -0.848. The van der Waals surface area contributed by atoms with Gasteiger partial charge in [0.25, 0.3) is 0 Å². The summed E-state index contributed by atoms with van der Waals surface area (Å²) in [6, 6.07) is 2.98. The number of aliphatic hydroxyl groups excluding tert-OH is 1. The second kappa shape index (κ2) is 4.87. The molecular weight excluding hydrogens is 276 g/mol. The maximum absolute atomic E-state index is 11.1. The number of fused-ring (bicyclic) bond motifs is 1. The highest BCUT2D eigenvalue weighted by atomic mass is 35.5. The van der Waals surface area contributed by atoms with Gasteiger partial charge in [0.2, 0.25) is 0 Å². The Bertz CT molecular complexity index is 666. The van der Waals surface area contributed by atoms with Gasteiger partial charge in [0, 0.05) is 12.1 Å². The molecule has 0 amide bonds. The van der Waals surface area contributed by atoms with Gasteiger partial charge in [-0.2, -0.15) is 0 Å². The van der Waals surface area contributed by atoms with Crippen molar-refractivity contribution in [2.75, 3.05) is 0 Å². The summed E-state index contributed by atoms with van der Waals surface area (Å²) in [5.74, 6) is -2.63. The number of rotatable bonds is 4. The van der Waals surface area contributed by atoms with E-state index in [1.165, 1.54) is 16.5 Å². The molecule has 0 saturated heterocycles. The molecule has 0 aromatic carbocycles. The van der Waals surface area contributed by atoms with Gasteiger partial charge in [0.1, 0.15) is 5.65 Å². The molecule has 7 nitrogen and oxygen atoms in total. The normalized spacial score (nSPS) is 12.5. The minimum Gasteiger partial charge on any atom is -0.479 e. The van der Waals surface area contributed by atoms with Crippen LogP contribution >= 0.6 is 11.6 Å². The van der Waals surface area contributed by atoms with E-state index in [1.54, 1.807) is 0 Å². The van der Waals surface area contributed by atoms with E-state index in [-0.39, 0.29) is 22.8 Å². The molecule has 3 N–H and O–H groups in total. The zero-order valence-electron chi connectivity index (χ0n) is 9.45. The van der Waals surface area contributed by atoms with Gasteiger partial charge < -0.3 is 15.3 Å². The first-order chi connectivity index (χ1) is 8.91. The van der Waals surface area contributed by atoms with Gasteiger partial charge in [-0.1, -0.05) is 11.6 Å². The number of nitrogens with zero attached hydrogens (tertiary/aromatic N) is 2. The lowest BCUT2D eigenvalue weighted by atomic mass is 10.1. The van der Waals surface area contributed by atoms with Crippen LogP contribution in [-0.2, 0) is 11.2 Å². The minimum absolute atomic E-state index is 0.148. The van der Waals surface area contributed by atoms with E-state index < -0.39 is 18.0 Å². The fourth-order valence-corrected chi connectivity index (χ4v) is 1.95. The number of pyridine rings is 1. The Morgan fingerprint density at radius 2 is 2.05 bits per heavy atom. The van der Waals surface area contributed by atoms with Crippen LogP contribution in [0.3, 0.4) is 0 Å². The highest BCUT2D eigenvalue weighted by molar-refractivity contribution is 6.31. The molecule has 0 aliphatic heterocycles. The van der Waals surface area contributed by atoms with E-state index in [0.717, 1.165) is 6.20 Å². The van der Waals surface area contributed by atoms with Crippen LogP contribution in [0.25, 0.3) is 5.65 Å². The number of halogens is 1. The number of carboxylic acids is 2. The lowest BCUT2D eigenvalue weighted by Gasteiger charge is -2.11. The third kappa shape index (κ3) is 2.38. The average molecular weight is 285 g/mol. The summed E-state index contributed by atoms with van der Waals surface area (Å²) in [4.78, 5) is 25.6. The van der Waals surface area contributed by atoms with Gasteiger partial charge in [-0.3, -0.25) is 4.40 Å². The fourth-order valence-electron chi connectivity index (χ4n) is 1.73. The molecule has 0 bridgehead atoms. The Balaban J connectivity index is 2.63. The van der Waals surface area contributed by atoms with Crippen molar-refractivity contribution in [1.29, 1.82) is 0 Å². The average Bonchev–Trinajstić information content (AvgIpc) is 2.76. The summed E-state index contributed by atoms with van der Waals surface area (Å²) in [5.41, 5.74) is 0.350. The van der Waals surface area contributed by atoms with E-state index in [2.05, 4.69) is 4.98 Å². The molecule has 19 heavy (non-hydrogen) atoms. The van der Waals surface area contributed by atoms with Crippen LogP contribution < -0.4 is 0 Å². The first-order valence-corrected chi connectivity index (χ1v) is 5.58. The number of aliphatic carboxylic acids is 1. The lowest BCUT2D eigenvalue weighted by Crippen LogP contribution is -2.24. The summed E-state index contributed by atoms with van der Waals surface area (Å²) in [7, 11) is 0. The molecule has 8 heteroatoms. The first-order valence-electron chi connectivity index (χ1n) is 5.21. The predicted octanol–water partition coefficient (Wildman–Crippen LogP) is 0.674. The SMILES string of the molecule is O=C(O)c1cnc2ccc(Cl)c(CC(O)C(=O)O)n12. The molecule has 2 heterocycles. The van der Waals surface area contributed by atoms with Crippen LogP contribution in [0.15, 0.2) is 18.3 Å². The highest BCUT2D eigenvalue weighted by Crippen LogP contribution is 2.21. The van der Waals surface area contributed by atoms with Gasteiger partial charge in [0.15, 0.2) is 11.8 Å². The largest absolute Gasteiger partial charge is 0.479 e. The molecule has 2 aromatic rings. The molecule has 100 valence electrons. The van der Waals surface area contributed by atoms with E-state index in [4.69, 9.17) is 21.8 Å². The number of hydrogen-bond donors (Lipinski definition) is 3. The van der Waals surface area contributed by atoms with Gasteiger partial charge in [-0.05, 0) is 12.1 Å². The molecule has 0 aliphatic rings. The van der Waals surface area contributed by atoms with Crippen molar-refractivity contribution in [1.82, 2.24) is 9.38 Å². The number of aliphatic hydroxyl groups is 1. The first kappa shape index (κ1) is 13.3. The Morgan fingerprint density at radius 3 is 2.63 bits per heavy atom. The molecule has 0 radical (unpaired) electrons. The Hall–Kier alpha value is -2.12. The van der Waals surface area contributed by atoms with E-state index in [1.807, 2.05) is 0 Å². The quantitative estimate of drug-likeness (QED) is 0.761. The summed E-state index contributed by atoms with van der Waals surface area (Å²) in [6.45, 7) is 0. The summed E-state index contributed by atoms with van der Waals surface area (Å²) < 4.78 is 1.22. The number of aromatic nitrogens is 2. The molecule has 2 aromatic heterocycles. The number of carboxylic acid groups (broad SMARTS) is 2. The fraction of sp³-hybridized carbons (Fsp3) is 0.182. The van der Waals surface area contributed by atoms with Crippen LogP contribution in [0.1, 0.15) is 16.2 Å². The third-order valence-electron chi connectivity index (χ3n) is 2.60. The predicted molar refractivity (Wildman–Crippen MR) is 64.5 cm³/mol. The summed E-state index contributed by atoms with van der Waals surface area (Å²) >= 11 is 5.94. The maximum atomic E-state index is 11.1. The molecule has 0 aliphatic carbocycles. The third-order valence-corrected chi connectivity index (χ3v) is 2.95. The second-order valence-corrected chi connectivity index (χ2v) is 4.24. The Kier molecular flexibility index (Phi) is 3.41. The van der Waals surface area contributed by atoms with Crippen molar-refractivity contribution in [2.24, 2.45) is 0 Å². The Morgan fingerprint density at radius 1 is 1.37 bits per heavy atom. The second-order valence-electron chi connectivity index (χ2n) is 3.83. The number of hydrogen-bond acceptors (Lipinski definition) is 4. The summed E-state index contributed by atoms with van der Waals surface area (Å²) in [5, 5.41) is 27.3. The highest BCUT2D eigenvalue weighted by Gasteiger charge is 2.21. The maximum Gasteiger partial charge on any atom is 0.354 e. The van der Waals surface area contributed by atoms with Gasteiger partial charge in [-0.25, -0.2) is 14.6 Å². The van der Waals surface area contributed by atoms with E-state index >= 15 is 0 Å². The van der Waals surface area contributed by atoms with Gasteiger partial charge >= 0.3 is 11.9 Å². The lowest BCUT2D eigenvalue weighted by molar-refractivity contribution is -0.146. The minimum atomic E-state index is -1.67. The standard InChI is InChI=1S/C11H9ClN2O5/c12-5-1-2-9-13-4-7(10(16)17)14(9)6(5)3-8(15)11(18)19/h1-2,4,8,15H,3H2,(H,16,17)(H,18,19). The van der Waals surface area contributed by atoms with Crippen LogP contribution in [0, 0.1) is 0 Å². The number of imidazole rings is 1. The number of aromatic carboxylic acids is 1. The Labute approximate surface area is 111 Å². The molecular formula is C11H9ClN2O5. The van der Waals surface area contributed by atoms with Crippen molar-refractivity contribution in [3.8, 4) is 0 Å². The van der Waals surface area contributed by atoms with E-state index in [9.17, 15) is 14.7 Å². The smallest absolute Gasteiger partial charge is 0.354 e. The van der Waals surface area contributed by atoms with Crippen LogP contribution in [0.5, 0.6) is 0 Å². The molecule has 1 atom stereocenters. The molecule has 0 saturated carbocycles. The monoisotopic (exact) mass is 284 g/mol. The van der Waals surface area contributed by atoms with Crippen LogP contribution in [-0.4, -0.2) is 42.7 Å². The molecule has 0 spiro atoms. The molecule has 1 unspecified atom stereocenters.